The fourth-order valence-corrected chi connectivity index (χ4v) is 14.0. The Morgan fingerprint density at radius 2 is 0.694 bits per heavy atom. The van der Waals surface area contributed by atoms with Crippen LogP contribution in [0.3, 0.4) is 0 Å². The van der Waals surface area contributed by atoms with Gasteiger partial charge in [-0.15, -0.1) is 0 Å². The van der Waals surface area contributed by atoms with Gasteiger partial charge in [-0.25, -0.2) is 0 Å². The molecule has 0 heterocycles. The summed E-state index contributed by atoms with van der Waals surface area (Å²) in [6.07, 6.45) is 24.4. The number of hydrogen-bond acceptors (Lipinski definition) is 2. The fourth-order valence-electron chi connectivity index (χ4n) is 14.0. The van der Waals surface area contributed by atoms with Gasteiger partial charge in [0.25, 0.3) is 0 Å². The van der Waals surface area contributed by atoms with Crippen molar-refractivity contribution in [2.45, 2.75) is 127 Å². The van der Waals surface area contributed by atoms with E-state index in [0.717, 1.165) is 65.4 Å². The van der Waals surface area contributed by atoms with Gasteiger partial charge in [0.2, 0.25) is 0 Å². The van der Waals surface area contributed by atoms with E-state index < -0.39 is 0 Å². The molecule has 12 fully saturated rings. The van der Waals surface area contributed by atoms with E-state index >= 15 is 0 Å². The van der Waals surface area contributed by atoms with Gasteiger partial charge in [-0.3, -0.25) is 9.98 Å². The lowest BCUT2D eigenvalue weighted by Gasteiger charge is -2.62. The van der Waals surface area contributed by atoms with Gasteiger partial charge in [0.15, 0.2) is 0 Å². The molecule has 0 aliphatic heterocycles. The van der Waals surface area contributed by atoms with Crippen LogP contribution < -0.4 is 11.5 Å². The number of nitrogens with zero attached hydrogens (tertiary/aromatic N) is 2. The fraction of sp³-hybridized carbons (Fsp3) is 0.938. The maximum atomic E-state index is 7.21. The number of rotatable bonds is 4. The van der Waals surface area contributed by atoms with Crippen molar-refractivity contribution in [3.8, 4) is 0 Å². The lowest BCUT2D eigenvalue weighted by molar-refractivity contribution is -0.0466. The number of nitrogens with two attached hydrogens (primary N) is 2. The smallest absolute Gasteiger partial charge is 0.101 e. The molecule has 4 heteroatoms. The van der Waals surface area contributed by atoms with Crippen molar-refractivity contribution in [1.82, 2.24) is 0 Å². The molecule has 12 aliphatic rings. The van der Waals surface area contributed by atoms with E-state index in [4.69, 9.17) is 21.5 Å². The largest absolute Gasteiger partial charge is 0.387 e. The molecule has 12 aliphatic carbocycles. The van der Waals surface area contributed by atoms with Crippen LogP contribution >= 0.6 is 0 Å². The van der Waals surface area contributed by atoms with E-state index in [9.17, 15) is 0 Å². The first-order valence-electron chi connectivity index (χ1n) is 16.0. The summed E-state index contributed by atoms with van der Waals surface area (Å²) in [5.74, 6) is 9.25. The van der Waals surface area contributed by atoms with Gasteiger partial charge in [0, 0.05) is 10.8 Å². The maximum Gasteiger partial charge on any atom is 0.101 e. The molecule has 12 saturated carbocycles. The van der Waals surface area contributed by atoms with Crippen LogP contribution in [-0.4, -0.2) is 22.7 Å². The van der Waals surface area contributed by atoms with Crippen molar-refractivity contribution in [3.05, 3.63) is 0 Å². The van der Waals surface area contributed by atoms with Crippen molar-refractivity contribution in [2.24, 2.45) is 79.6 Å². The molecule has 0 aromatic heterocycles. The predicted octanol–water partition coefficient (Wildman–Crippen LogP) is 6.23. The maximum absolute atomic E-state index is 7.21. The topological polar surface area (TPSA) is 76.8 Å². The summed E-state index contributed by atoms with van der Waals surface area (Å²) in [5, 5.41) is 0. The van der Waals surface area contributed by atoms with Gasteiger partial charge < -0.3 is 11.5 Å². The van der Waals surface area contributed by atoms with E-state index in [2.05, 4.69) is 0 Å². The minimum absolute atomic E-state index is 0.106. The number of aliphatic imine (C=N–C) groups is 2. The van der Waals surface area contributed by atoms with Crippen LogP contribution in [0.1, 0.15) is 116 Å². The van der Waals surface area contributed by atoms with E-state index in [0.29, 0.717) is 0 Å². The van der Waals surface area contributed by atoms with Crippen LogP contribution in [0.25, 0.3) is 0 Å². The Kier molecular flexibility index (Phi) is 4.20. The van der Waals surface area contributed by atoms with Crippen molar-refractivity contribution >= 4 is 11.7 Å². The average Bonchev–Trinajstić information content (AvgIpc) is 2.75. The second-order valence-corrected chi connectivity index (χ2v) is 16.8. The van der Waals surface area contributed by atoms with E-state index in [-0.39, 0.29) is 21.9 Å². The van der Waals surface area contributed by atoms with Crippen LogP contribution in [0.5, 0.6) is 0 Å². The first-order valence-corrected chi connectivity index (χ1v) is 16.0. The molecule has 0 saturated heterocycles. The summed E-state index contributed by atoms with van der Waals surface area (Å²) in [4.78, 5) is 11.3. The van der Waals surface area contributed by atoms with Crippen LogP contribution in [0.2, 0.25) is 0 Å². The average molecular weight is 489 g/mol. The molecule has 12 bridgehead atoms. The van der Waals surface area contributed by atoms with Crippen LogP contribution in [0.4, 0.5) is 0 Å². The van der Waals surface area contributed by atoms with E-state index in [1.54, 1.807) is 0 Å². The van der Waals surface area contributed by atoms with Crippen molar-refractivity contribution in [3.63, 3.8) is 0 Å². The van der Waals surface area contributed by atoms with Crippen LogP contribution in [-0.2, 0) is 0 Å². The Hall–Kier alpha value is -1.06. The first-order chi connectivity index (χ1) is 17.3. The molecule has 4 nitrogen and oxygen atoms in total. The molecule has 0 unspecified atom stereocenters. The van der Waals surface area contributed by atoms with Crippen molar-refractivity contribution < 1.29 is 0 Å². The first kappa shape index (κ1) is 21.8. The summed E-state index contributed by atoms with van der Waals surface area (Å²) in [7, 11) is 0. The van der Waals surface area contributed by atoms with Crippen LogP contribution in [0.15, 0.2) is 9.98 Å². The minimum Gasteiger partial charge on any atom is -0.387 e. The Morgan fingerprint density at radius 3 is 1.00 bits per heavy atom. The van der Waals surface area contributed by atoms with E-state index in [1.807, 2.05) is 0 Å². The molecular formula is C32H48N4. The SMILES string of the molecule is NC(=NC12CC3CC(CC(C3)C1)C2)C12CC3CC(C1)CC(C(N)=NC14CC5CC(CC(C5)C1)C4)(C3)C2. The minimum atomic E-state index is 0.106. The normalized spacial score (nSPS) is 60.3. The molecule has 0 spiro atoms. The molecule has 0 aromatic carbocycles. The molecule has 0 atom stereocenters. The Balaban J connectivity index is 1.05. The third kappa shape index (κ3) is 3.05. The predicted molar refractivity (Wildman–Crippen MR) is 145 cm³/mol. The van der Waals surface area contributed by atoms with Crippen molar-refractivity contribution in [2.75, 3.05) is 0 Å². The third-order valence-corrected chi connectivity index (χ3v) is 13.9. The lowest BCUT2D eigenvalue weighted by atomic mass is 9.43. The number of amidine groups is 2. The molecular weight excluding hydrogens is 440 g/mol. The summed E-state index contributed by atoms with van der Waals surface area (Å²) < 4.78 is 0. The summed E-state index contributed by atoms with van der Waals surface area (Å²) in [6.45, 7) is 0. The zero-order valence-electron chi connectivity index (χ0n) is 22.4. The molecule has 196 valence electrons. The van der Waals surface area contributed by atoms with Gasteiger partial charge in [-0.1, -0.05) is 0 Å². The van der Waals surface area contributed by atoms with E-state index in [1.165, 1.54) is 109 Å². The lowest BCUT2D eigenvalue weighted by Crippen LogP contribution is -2.61. The van der Waals surface area contributed by atoms with Gasteiger partial charge in [0.05, 0.1) is 11.1 Å². The molecule has 4 N–H and O–H groups in total. The third-order valence-electron chi connectivity index (χ3n) is 13.9. The standard InChI is InChI=1S/C32H48N4/c33-27(35-31-12-19-1-20(13-31)3-21(2-19)14-31)29-8-25-7-26(9-29)11-30(10-25,18-29)28(34)36-32-15-22-4-23(16-32)6-24(5-22)17-32/h19-26H,1-18H2,(H2,33,35)(H2,34,36). The van der Waals surface area contributed by atoms with Gasteiger partial charge in [-0.2, -0.15) is 0 Å². The molecule has 0 amide bonds. The van der Waals surface area contributed by atoms with Crippen LogP contribution in [0, 0.1) is 58.2 Å². The zero-order chi connectivity index (χ0) is 23.9. The quantitative estimate of drug-likeness (QED) is 0.364. The number of hydrogen-bond donors (Lipinski definition) is 2. The highest BCUT2D eigenvalue weighted by Gasteiger charge is 2.62. The summed E-state index contributed by atoms with van der Waals surface area (Å²) in [6, 6.07) is 0. The Labute approximate surface area is 217 Å². The highest BCUT2D eigenvalue weighted by molar-refractivity contribution is 5.92. The Bertz CT molecular complexity index is 874. The molecule has 0 radical (unpaired) electrons. The van der Waals surface area contributed by atoms with Gasteiger partial charge >= 0.3 is 0 Å². The second-order valence-electron chi connectivity index (χ2n) is 16.8. The second kappa shape index (κ2) is 6.92. The Morgan fingerprint density at radius 1 is 0.417 bits per heavy atom. The molecule has 12 rings (SSSR count). The zero-order valence-corrected chi connectivity index (χ0v) is 22.4. The summed E-state index contributed by atoms with van der Waals surface area (Å²) in [5.41, 5.74) is 15.0. The van der Waals surface area contributed by atoms with Gasteiger partial charge in [0.1, 0.15) is 11.7 Å². The molecule has 36 heavy (non-hydrogen) atoms. The molecule has 0 aromatic rings. The monoisotopic (exact) mass is 488 g/mol. The summed E-state index contributed by atoms with van der Waals surface area (Å²) >= 11 is 0. The van der Waals surface area contributed by atoms with Crippen molar-refractivity contribution in [1.29, 1.82) is 0 Å². The highest BCUT2D eigenvalue weighted by atomic mass is 15.0. The highest BCUT2D eigenvalue weighted by Crippen LogP contribution is 2.67. The van der Waals surface area contributed by atoms with Gasteiger partial charge in [-0.05, 0) is 163 Å².